The number of anilines is 1. The van der Waals surface area contributed by atoms with E-state index >= 15 is 17.6 Å². The Morgan fingerprint density at radius 2 is 1.52 bits per heavy atom. The first kappa shape index (κ1) is 46.7. The van der Waals surface area contributed by atoms with Crippen molar-refractivity contribution >= 4 is 54.1 Å². The maximum atomic E-state index is 15.4. The van der Waals surface area contributed by atoms with Crippen LogP contribution in [0, 0.1) is 11.6 Å². The molecule has 8 rings (SSSR count). The van der Waals surface area contributed by atoms with Crippen LogP contribution in [0.5, 0.6) is 0 Å². The molecular formula is C42H42ClF8N7O5S2. The van der Waals surface area contributed by atoms with Crippen LogP contribution < -0.4 is 10.0 Å². The van der Waals surface area contributed by atoms with Gasteiger partial charge in [0.25, 0.3) is 18.3 Å². The van der Waals surface area contributed by atoms with Crippen molar-refractivity contribution in [1.29, 1.82) is 0 Å². The van der Waals surface area contributed by atoms with Crippen LogP contribution in [0.3, 0.4) is 0 Å². The number of sulfonamides is 1. The van der Waals surface area contributed by atoms with E-state index in [0.29, 0.717) is 31.7 Å². The van der Waals surface area contributed by atoms with E-state index in [1.54, 1.807) is 32.0 Å². The highest BCUT2D eigenvalue weighted by molar-refractivity contribution is 7.93. The number of rotatable bonds is 16. The molecule has 0 aliphatic heterocycles. The van der Waals surface area contributed by atoms with Gasteiger partial charge in [0.1, 0.15) is 29.6 Å². The van der Waals surface area contributed by atoms with Crippen molar-refractivity contribution in [3.8, 4) is 11.1 Å². The first-order valence-corrected chi connectivity index (χ1v) is 24.1. The molecule has 2 saturated carbocycles. The van der Waals surface area contributed by atoms with Gasteiger partial charge in [-0.05, 0) is 88.6 Å². The number of sulfone groups is 1. The van der Waals surface area contributed by atoms with Crippen molar-refractivity contribution in [2.45, 2.75) is 118 Å². The third-order valence-electron chi connectivity index (χ3n) is 12.1. The molecule has 2 aromatic carbocycles. The maximum Gasteiger partial charge on any atom is 0.290 e. The number of hydrogen-bond donors (Lipinski definition) is 2. The summed E-state index contributed by atoms with van der Waals surface area (Å²) in [6.45, 7) is 1.90. The maximum absolute atomic E-state index is 15.4. The van der Waals surface area contributed by atoms with Crippen molar-refractivity contribution in [3.63, 3.8) is 0 Å². The molecule has 23 heteroatoms. The molecule has 0 unspecified atom stereocenters. The number of benzene rings is 2. The molecule has 0 saturated heterocycles. The average Bonchev–Trinajstić information content (AvgIpc) is 4.15. The molecule has 1 amide bonds. The van der Waals surface area contributed by atoms with E-state index < -0.39 is 120 Å². The fourth-order valence-electron chi connectivity index (χ4n) is 8.41. The summed E-state index contributed by atoms with van der Waals surface area (Å²) in [5.74, 6) is -11.6. The van der Waals surface area contributed by atoms with Gasteiger partial charge in [-0.3, -0.25) is 23.9 Å². The summed E-state index contributed by atoms with van der Waals surface area (Å²) >= 11 is 6.69. The van der Waals surface area contributed by atoms with Gasteiger partial charge in [-0.15, -0.1) is 0 Å². The number of aryl methyl sites for hydroxylation is 2. The number of aromatic nitrogens is 5. The molecule has 3 aromatic heterocycles. The van der Waals surface area contributed by atoms with Crippen LogP contribution >= 0.6 is 11.6 Å². The summed E-state index contributed by atoms with van der Waals surface area (Å²) in [4.78, 5) is 19.0. The van der Waals surface area contributed by atoms with Gasteiger partial charge in [0, 0.05) is 42.8 Å². The predicted molar refractivity (Wildman–Crippen MR) is 224 cm³/mol. The highest BCUT2D eigenvalue weighted by Crippen LogP contribution is 2.52. The summed E-state index contributed by atoms with van der Waals surface area (Å²) < 4.78 is 174. The summed E-state index contributed by atoms with van der Waals surface area (Å²) in [5, 5.41) is 9.51. The Morgan fingerprint density at radius 3 is 2.15 bits per heavy atom. The highest BCUT2D eigenvalue weighted by atomic mass is 35.5. The fraction of sp³-hybridized carbons (Fsp3) is 0.476. The molecule has 3 heterocycles. The molecule has 350 valence electrons. The first-order chi connectivity index (χ1) is 30.3. The summed E-state index contributed by atoms with van der Waals surface area (Å²) in [5.41, 5.74) is -3.91. The predicted octanol–water partition coefficient (Wildman–Crippen LogP) is 8.97. The molecule has 0 bridgehead atoms. The summed E-state index contributed by atoms with van der Waals surface area (Å²) in [6, 6.07) is 7.17. The number of carbonyl (C=O) groups is 1. The van der Waals surface area contributed by atoms with Crippen LogP contribution in [0.1, 0.15) is 105 Å². The van der Waals surface area contributed by atoms with Crippen LogP contribution in [-0.4, -0.2) is 62.5 Å². The van der Waals surface area contributed by atoms with Crippen molar-refractivity contribution in [1.82, 2.24) is 29.9 Å². The number of fused-ring (bicyclic) bond motifs is 2. The second kappa shape index (κ2) is 16.5. The molecule has 1 atom stereocenters. The zero-order valence-electron chi connectivity index (χ0n) is 34.9. The second-order valence-electron chi connectivity index (χ2n) is 17.5. The van der Waals surface area contributed by atoms with Gasteiger partial charge < -0.3 is 5.32 Å². The lowest BCUT2D eigenvalue weighted by atomic mass is 9.89. The van der Waals surface area contributed by atoms with Crippen LogP contribution in [0.25, 0.3) is 22.0 Å². The zero-order valence-corrected chi connectivity index (χ0v) is 37.3. The highest BCUT2D eigenvalue weighted by Gasteiger charge is 2.55. The van der Waals surface area contributed by atoms with E-state index in [0.717, 1.165) is 12.1 Å². The molecule has 3 aliphatic rings. The number of nitrogens with one attached hydrogen (secondary N) is 2. The van der Waals surface area contributed by atoms with E-state index in [9.17, 15) is 39.2 Å². The van der Waals surface area contributed by atoms with E-state index in [1.165, 1.54) is 17.8 Å². The normalized spacial score (nSPS) is 17.9. The Hall–Kier alpha value is -4.83. The fourth-order valence-corrected chi connectivity index (χ4v) is 12.0. The van der Waals surface area contributed by atoms with E-state index in [1.807, 2.05) is 0 Å². The first-order valence-electron chi connectivity index (χ1n) is 20.6. The van der Waals surface area contributed by atoms with Gasteiger partial charge >= 0.3 is 0 Å². The zero-order chi connectivity index (χ0) is 47.2. The molecule has 12 nitrogen and oxygen atoms in total. The van der Waals surface area contributed by atoms with Crippen molar-refractivity contribution in [2.24, 2.45) is 7.05 Å². The smallest absolute Gasteiger partial charge is 0.290 e. The third kappa shape index (κ3) is 9.05. The van der Waals surface area contributed by atoms with Crippen LogP contribution in [0.15, 0.2) is 42.5 Å². The van der Waals surface area contributed by atoms with Crippen LogP contribution in [-0.2, 0) is 62.9 Å². The SMILES string of the molecule is Cn1nc(NS(=O)(=O)C2CC2)c2c(Cl)ccc(-c3ccc(CCC(C)(C)S(=O)(=O)C4CC4)nc3[C@H](Cc3cc(F)cc(F)c3)NC(=O)Cn3nc(C(F)F)c4c3C(F)(F)CCC4(F)F)c21. The molecule has 2 N–H and O–H groups in total. The number of pyridine rings is 1. The topological polar surface area (TPSA) is 158 Å². The van der Waals surface area contributed by atoms with E-state index in [-0.39, 0.29) is 67.3 Å². The minimum Gasteiger partial charge on any atom is -0.346 e. The van der Waals surface area contributed by atoms with Crippen molar-refractivity contribution in [2.75, 3.05) is 4.72 Å². The van der Waals surface area contributed by atoms with Crippen LogP contribution in [0.4, 0.5) is 40.9 Å². The quantitative estimate of drug-likeness (QED) is 0.0929. The number of amides is 1. The molecule has 5 aromatic rings. The Kier molecular flexibility index (Phi) is 11.8. The van der Waals surface area contributed by atoms with Gasteiger partial charge in [0.05, 0.1) is 48.5 Å². The van der Waals surface area contributed by atoms with Crippen LogP contribution in [0.2, 0.25) is 5.02 Å². The second-order valence-corrected chi connectivity index (χ2v) is 22.7. The average molecular weight is 976 g/mol. The minimum absolute atomic E-state index is 0.0408. The molecular weight excluding hydrogens is 934 g/mol. The lowest BCUT2D eigenvalue weighted by molar-refractivity contribution is -0.123. The molecule has 2 fully saturated rings. The molecule has 65 heavy (non-hydrogen) atoms. The third-order valence-corrected chi connectivity index (χ3v) is 17.3. The van der Waals surface area contributed by atoms with Crippen molar-refractivity contribution < 1.29 is 56.8 Å². The largest absolute Gasteiger partial charge is 0.346 e. The molecule has 0 radical (unpaired) electrons. The van der Waals surface area contributed by atoms with Gasteiger partial charge in [-0.2, -0.15) is 19.0 Å². The Labute approximate surface area is 373 Å². The van der Waals surface area contributed by atoms with E-state index in [4.69, 9.17) is 16.6 Å². The summed E-state index contributed by atoms with van der Waals surface area (Å²) in [7, 11) is -5.91. The Morgan fingerprint density at radius 1 is 0.892 bits per heavy atom. The number of hydrogen-bond acceptors (Lipinski definition) is 8. The lowest BCUT2D eigenvalue weighted by Gasteiger charge is -2.29. The minimum atomic E-state index is -4.12. The van der Waals surface area contributed by atoms with E-state index in [2.05, 4.69) is 20.2 Å². The lowest BCUT2D eigenvalue weighted by Crippen LogP contribution is -2.37. The summed E-state index contributed by atoms with van der Waals surface area (Å²) in [6.07, 6.45) is -4.98. The van der Waals surface area contributed by atoms with Crippen molar-refractivity contribution in [3.05, 3.63) is 93.0 Å². The monoisotopic (exact) mass is 975 g/mol. The van der Waals surface area contributed by atoms with Gasteiger partial charge in [-0.25, -0.2) is 43.2 Å². The molecule has 0 spiro atoms. The Balaban J connectivity index is 1.27. The Bertz CT molecular complexity index is 2930. The standard InChI is InChI=1S/C42H42ClF8N7O5S2/c1-40(2,64(60,61)25-5-6-25)13-12-24-4-9-27(28-10-11-29(43)32-36(28)57(3)55-39(32)56-65(62,63)26-7-8-26)34(52-24)30(18-21-16-22(44)19-23(45)17-21)53-31(59)20-58-37-33(35(54-58)38(46)47)41(48,49)14-15-42(37,50)51/h4,9-11,16-17,19,25-26,30,38H,5-8,12-15,18,20H2,1-3H3,(H,53,59)(H,55,56)/t30-/m0/s1. The van der Waals surface area contributed by atoms with Gasteiger partial charge in [0.15, 0.2) is 15.7 Å². The number of carbonyl (C=O) groups excluding carboxylic acids is 1. The number of halogens is 9. The van der Waals surface area contributed by atoms with Gasteiger partial charge in [0.2, 0.25) is 15.9 Å². The molecule has 3 aliphatic carbocycles. The number of alkyl halides is 6. The number of nitrogens with zero attached hydrogens (tertiary/aromatic N) is 5. The van der Waals surface area contributed by atoms with Gasteiger partial charge in [-0.1, -0.05) is 23.7 Å².